The summed E-state index contributed by atoms with van der Waals surface area (Å²) in [6.07, 6.45) is 7.15. The molecule has 88 valence electrons. The Morgan fingerprint density at radius 1 is 1.12 bits per heavy atom. The Kier molecular flexibility index (Phi) is 3.83. The fourth-order valence-corrected chi connectivity index (χ4v) is 2.46. The molecule has 2 nitrogen and oxygen atoms in total. The van der Waals surface area contributed by atoms with Gasteiger partial charge in [0.25, 0.3) is 0 Å². The van der Waals surface area contributed by atoms with Crippen LogP contribution in [0.5, 0.6) is 5.75 Å². The first-order valence-corrected chi connectivity index (χ1v) is 6.25. The molecule has 0 aromatic heterocycles. The summed E-state index contributed by atoms with van der Waals surface area (Å²) in [6, 6.07) is 9.98. The normalized spacial score (nSPS) is 18.6. The number of hydrogen-bond donors (Lipinski definition) is 1. The minimum absolute atomic E-state index is 0.111. The molecule has 1 aliphatic carbocycles. The Bertz CT molecular complexity index is 304. The standard InChI is InChI=1S/C14H21NO/c15-14(9-4-5-10-14)11-6-12-16-13-7-2-1-3-8-13/h1-3,7-8H,4-6,9-12,15H2. The van der Waals surface area contributed by atoms with E-state index in [1.165, 1.54) is 25.7 Å². The SMILES string of the molecule is NC1(CCCOc2ccccc2)CCCC1. The number of para-hydroxylation sites is 1. The fraction of sp³-hybridized carbons (Fsp3) is 0.571. The highest BCUT2D eigenvalue weighted by molar-refractivity contribution is 5.20. The summed E-state index contributed by atoms with van der Waals surface area (Å²) in [5.74, 6) is 0.958. The van der Waals surface area contributed by atoms with Crippen LogP contribution >= 0.6 is 0 Å². The lowest BCUT2D eigenvalue weighted by atomic mass is 9.93. The van der Waals surface area contributed by atoms with Gasteiger partial charge >= 0.3 is 0 Å². The van der Waals surface area contributed by atoms with Gasteiger partial charge in [-0.15, -0.1) is 0 Å². The summed E-state index contributed by atoms with van der Waals surface area (Å²) < 4.78 is 5.66. The molecule has 2 heteroatoms. The third kappa shape index (κ3) is 3.24. The van der Waals surface area contributed by atoms with Gasteiger partial charge in [-0.2, -0.15) is 0 Å². The second kappa shape index (κ2) is 5.35. The third-order valence-electron chi connectivity index (χ3n) is 3.43. The monoisotopic (exact) mass is 219 g/mol. The van der Waals surface area contributed by atoms with Crippen molar-refractivity contribution >= 4 is 0 Å². The molecule has 1 saturated carbocycles. The first-order chi connectivity index (χ1) is 7.79. The molecule has 16 heavy (non-hydrogen) atoms. The fourth-order valence-electron chi connectivity index (χ4n) is 2.46. The lowest BCUT2D eigenvalue weighted by Gasteiger charge is -2.23. The summed E-state index contributed by atoms with van der Waals surface area (Å²) in [4.78, 5) is 0. The van der Waals surface area contributed by atoms with E-state index < -0.39 is 0 Å². The van der Waals surface area contributed by atoms with Crippen molar-refractivity contribution in [1.29, 1.82) is 0 Å². The zero-order valence-electron chi connectivity index (χ0n) is 9.82. The number of hydrogen-bond acceptors (Lipinski definition) is 2. The Balaban J connectivity index is 1.65. The lowest BCUT2D eigenvalue weighted by molar-refractivity contribution is 0.280. The maximum Gasteiger partial charge on any atom is 0.119 e. The van der Waals surface area contributed by atoms with Crippen LogP contribution in [0, 0.1) is 0 Å². The molecule has 0 bridgehead atoms. The molecule has 2 rings (SSSR count). The molecule has 0 aliphatic heterocycles. The Labute approximate surface area is 97.8 Å². The molecule has 1 aliphatic rings. The van der Waals surface area contributed by atoms with Gasteiger partial charge in [-0.05, 0) is 37.8 Å². The van der Waals surface area contributed by atoms with Crippen molar-refractivity contribution in [3.05, 3.63) is 30.3 Å². The van der Waals surface area contributed by atoms with Crippen molar-refractivity contribution in [2.45, 2.75) is 44.1 Å². The molecule has 2 N–H and O–H groups in total. The molecule has 0 spiro atoms. The van der Waals surface area contributed by atoms with E-state index in [-0.39, 0.29) is 5.54 Å². The Hall–Kier alpha value is -1.02. The van der Waals surface area contributed by atoms with Crippen LogP contribution in [0.4, 0.5) is 0 Å². The molecule has 1 fully saturated rings. The average Bonchev–Trinajstić information content (AvgIpc) is 2.74. The van der Waals surface area contributed by atoms with Gasteiger partial charge in [0.2, 0.25) is 0 Å². The molecular weight excluding hydrogens is 198 g/mol. The van der Waals surface area contributed by atoms with Gasteiger partial charge < -0.3 is 10.5 Å². The molecule has 1 aromatic carbocycles. The van der Waals surface area contributed by atoms with Crippen molar-refractivity contribution in [3.8, 4) is 5.75 Å². The highest BCUT2D eigenvalue weighted by atomic mass is 16.5. The van der Waals surface area contributed by atoms with Crippen LogP contribution in [0.3, 0.4) is 0 Å². The summed E-state index contributed by atoms with van der Waals surface area (Å²) in [7, 11) is 0. The molecule has 0 atom stereocenters. The number of rotatable bonds is 5. The van der Waals surface area contributed by atoms with Gasteiger partial charge in [0.05, 0.1) is 6.61 Å². The maximum atomic E-state index is 6.28. The van der Waals surface area contributed by atoms with Crippen molar-refractivity contribution in [2.24, 2.45) is 5.73 Å². The predicted molar refractivity (Wildman–Crippen MR) is 66.6 cm³/mol. The molecule has 0 unspecified atom stereocenters. The van der Waals surface area contributed by atoms with Gasteiger partial charge in [0, 0.05) is 5.54 Å². The zero-order valence-corrected chi connectivity index (χ0v) is 9.82. The van der Waals surface area contributed by atoms with E-state index in [1.54, 1.807) is 0 Å². The Morgan fingerprint density at radius 2 is 1.81 bits per heavy atom. The van der Waals surface area contributed by atoms with Gasteiger partial charge in [-0.25, -0.2) is 0 Å². The van der Waals surface area contributed by atoms with Crippen LogP contribution in [0.1, 0.15) is 38.5 Å². The van der Waals surface area contributed by atoms with E-state index in [0.29, 0.717) is 0 Å². The van der Waals surface area contributed by atoms with Crippen molar-refractivity contribution in [1.82, 2.24) is 0 Å². The van der Waals surface area contributed by atoms with E-state index >= 15 is 0 Å². The quantitative estimate of drug-likeness (QED) is 0.772. The van der Waals surface area contributed by atoms with Crippen LogP contribution in [-0.4, -0.2) is 12.1 Å². The van der Waals surface area contributed by atoms with Crippen LogP contribution in [0.25, 0.3) is 0 Å². The summed E-state index contributed by atoms with van der Waals surface area (Å²) in [6.45, 7) is 0.781. The highest BCUT2D eigenvalue weighted by Gasteiger charge is 2.28. The largest absolute Gasteiger partial charge is 0.494 e. The summed E-state index contributed by atoms with van der Waals surface area (Å²) in [5, 5.41) is 0. The van der Waals surface area contributed by atoms with E-state index in [4.69, 9.17) is 10.5 Å². The van der Waals surface area contributed by atoms with E-state index in [9.17, 15) is 0 Å². The first-order valence-electron chi connectivity index (χ1n) is 6.25. The van der Waals surface area contributed by atoms with Gasteiger partial charge in [0.1, 0.15) is 5.75 Å². The minimum Gasteiger partial charge on any atom is -0.494 e. The molecular formula is C14H21NO. The first kappa shape index (κ1) is 11.5. The average molecular weight is 219 g/mol. The minimum atomic E-state index is 0.111. The number of nitrogens with two attached hydrogens (primary N) is 1. The topological polar surface area (TPSA) is 35.2 Å². The van der Waals surface area contributed by atoms with Gasteiger partial charge in [-0.1, -0.05) is 31.0 Å². The van der Waals surface area contributed by atoms with Gasteiger partial charge in [-0.3, -0.25) is 0 Å². The second-order valence-electron chi connectivity index (χ2n) is 4.83. The van der Waals surface area contributed by atoms with Crippen LogP contribution in [0.2, 0.25) is 0 Å². The molecule has 0 saturated heterocycles. The molecule has 0 radical (unpaired) electrons. The smallest absolute Gasteiger partial charge is 0.119 e. The van der Waals surface area contributed by atoms with E-state index in [1.807, 2.05) is 30.3 Å². The van der Waals surface area contributed by atoms with Crippen LogP contribution < -0.4 is 10.5 Å². The molecule has 0 amide bonds. The maximum absolute atomic E-state index is 6.28. The van der Waals surface area contributed by atoms with Crippen molar-refractivity contribution in [3.63, 3.8) is 0 Å². The second-order valence-corrected chi connectivity index (χ2v) is 4.83. The molecule has 1 aromatic rings. The van der Waals surface area contributed by atoms with Gasteiger partial charge in [0.15, 0.2) is 0 Å². The number of benzene rings is 1. The Morgan fingerprint density at radius 3 is 2.50 bits per heavy atom. The molecule has 0 heterocycles. The summed E-state index contributed by atoms with van der Waals surface area (Å²) >= 11 is 0. The predicted octanol–water partition coefficient (Wildman–Crippen LogP) is 3.12. The number of ether oxygens (including phenoxy) is 1. The lowest BCUT2D eigenvalue weighted by Crippen LogP contribution is -2.36. The zero-order chi connectivity index (χ0) is 11.3. The third-order valence-corrected chi connectivity index (χ3v) is 3.43. The summed E-state index contributed by atoms with van der Waals surface area (Å²) in [5.41, 5.74) is 6.39. The van der Waals surface area contributed by atoms with Crippen LogP contribution in [-0.2, 0) is 0 Å². The van der Waals surface area contributed by atoms with Crippen LogP contribution in [0.15, 0.2) is 30.3 Å². The van der Waals surface area contributed by atoms with Crippen molar-refractivity contribution in [2.75, 3.05) is 6.61 Å². The highest BCUT2D eigenvalue weighted by Crippen LogP contribution is 2.30. The van der Waals surface area contributed by atoms with E-state index in [0.717, 1.165) is 25.2 Å². The van der Waals surface area contributed by atoms with Crippen molar-refractivity contribution < 1.29 is 4.74 Å². The van der Waals surface area contributed by atoms with E-state index in [2.05, 4.69) is 0 Å².